The predicted molar refractivity (Wildman–Crippen MR) is 73.7 cm³/mol. The standard InChI is InChI=1S/C16H17N/c1-11-7-9-14-13-6-4-3-5-12(13)8-10-15(14)16(11,2)17/h3-11H,17H2,1-2H3. The van der Waals surface area contributed by atoms with Crippen LogP contribution in [0.5, 0.6) is 0 Å². The summed E-state index contributed by atoms with van der Waals surface area (Å²) in [6, 6.07) is 12.8. The second-order valence-electron chi connectivity index (χ2n) is 5.18. The zero-order valence-electron chi connectivity index (χ0n) is 10.3. The van der Waals surface area contributed by atoms with Crippen molar-refractivity contribution in [3.05, 3.63) is 53.6 Å². The van der Waals surface area contributed by atoms with Crippen LogP contribution in [-0.4, -0.2) is 0 Å². The minimum absolute atomic E-state index is 0.270. The zero-order valence-corrected chi connectivity index (χ0v) is 10.3. The average Bonchev–Trinajstić information content (AvgIpc) is 2.33. The molecule has 1 aliphatic carbocycles. The van der Waals surface area contributed by atoms with Crippen LogP contribution >= 0.6 is 0 Å². The van der Waals surface area contributed by atoms with Crippen molar-refractivity contribution < 1.29 is 0 Å². The minimum atomic E-state index is -0.270. The maximum atomic E-state index is 6.47. The largest absolute Gasteiger partial charge is 0.321 e. The number of benzene rings is 2. The molecule has 17 heavy (non-hydrogen) atoms. The van der Waals surface area contributed by atoms with Gasteiger partial charge in [0, 0.05) is 5.54 Å². The fraction of sp³-hybridized carbons (Fsp3) is 0.250. The lowest BCUT2D eigenvalue weighted by Gasteiger charge is -2.35. The summed E-state index contributed by atoms with van der Waals surface area (Å²) in [5.74, 6) is 0.371. The number of fused-ring (bicyclic) bond motifs is 3. The molecule has 0 saturated carbocycles. The van der Waals surface area contributed by atoms with Crippen LogP contribution in [0.15, 0.2) is 42.5 Å². The molecule has 2 atom stereocenters. The molecule has 0 spiro atoms. The highest BCUT2D eigenvalue weighted by molar-refractivity contribution is 5.92. The number of hydrogen-bond acceptors (Lipinski definition) is 1. The third-order valence-electron chi connectivity index (χ3n) is 4.05. The van der Waals surface area contributed by atoms with Gasteiger partial charge in [-0.2, -0.15) is 0 Å². The summed E-state index contributed by atoms with van der Waals surface area (Å²) in [7, 11) is 0. The molecule has 2 aromatic carbocycles. The van der Waals surface area contributed by atoms with E-state index in [0.29, 0.717) is 5.92 Å². The lowest BCUT2D eigenvalue weighted by molar-refractivity contribution is 0.382. The van der Waals surface area contributed by atoms with Gasteiger partial charge in [0.25, 0.3) is 0 Å². The predicted octanol–water partition coefficient (Wildman–Crippen LogP) is 3.68. The quantitative estimate of drug-likeness (QED) is 0.724. The number of nitrogens with two attached hydrogens (primary N) is 1. The van der Waals surface area contributed by atoms with Crippen LogP contribution in [-0.2, 0) is 5.54 Å². The molecule has 0 aromatic heterocycles. The molecule has 0 heterocycles. The van der Waals surface area contributed by atoms with Crippen LogP contribution in [0.3, 0.4) is 0 Å². The Morgan fingerprint density at radius 3 is 2.71 bits per heavy atom. The number of rotatable bonds is 0. The molecule has 1 nitrogen and oxygen atoms in total. The molecule has 0 aliphatic heterocycles. The van der Waals surface area contributed by atoms with Gasteiger partial charge in [0.05, 0.1) is 0 Å². The highest BCUT2D eigenvalue weighted by Gasteiger charge is 2.31. The van der Waals surface area contributed by atoms with Crippen LogP contribution in [0, 0.1) is 5.92 Å². The molecule has 1 aliphatic rings. The monoisotopic (exact) mass is 223 g/mol. The summed E-state index contributed by atoms with van der Waals surface area (Å²) in [6.07, 6.45) is 4.44. The lowest BCUT2D eigenvalue weighted by Crippen LogP contribution is -2.41. The lowest BCUT2D eigenvalue weighted by atomic mass is 9.74. The van der Waals surface area contributed by atoms with E-state index < -0.39 is 0 Å². The van der Waals surface area contributed by atoms with E-state index in [-0.39, 0.29) is 5.54 Å². The van der Waals surface area contributed by atoms with Gasteiger partial charge in [0.15, 0.2) is 0 Å². The smallest absolute Gasteiger partial charge is 0.0448 e. The normalized spacial score (nSPS) is 27.1. The minimum Gasteiger partial charge on any atom is -0.321 e. The molecule has 0 amide bonds. The van der Waals surface area contributed by atoms with Gasteiger partial charge in [-0.1, -0.05) is 55.5 Å². The molecule has 2 unspecified atom stereocenters. The Hall–Kier alpha value is -1.60. The molecule has 2 N–H and O–H groups in total. The van der Waals surface area contributed by atoms with Gasteiger partial charge >= 0.3 is 0 Å². The van der Waals surface area contributed by atoms with Crippen LogP contribution in [0.2, 0.25) is 0 Å². The molecular weight excluding hydrogens is 206 g/mol. The molecular formula is C16H17N. The van der Waals surface area contributed by atoms with Gasteiger partial charge in [0.1, 0.15) is 0 Å². The van der Waals surface area contributed by atoms with Crippen LogP contribution in [0.1, 0.15) is 25.0 Å². The highest BCUT2D eigenvalue weighted by Crippen LogP contribution is 2.38. The van der Waals surface area contributed by atoms with Gasteiger partial charge in [-0.25, -0.2) is 0 Å². The van der Waals surface area contributed by atoms with Gasteiger partial charge < -0.3 is 5.73 Å². The topological polar surface area (TPSA) is 26.0 Å². The Labute approximate surface area is 102 Å². The molecule has 86 valence electrons. The van der Waals surface area contributed by atoms with E-state index in [9.17, 15) is 0 Å². The van der Waals surface area contributed by atoms with E-state index >= 15 is 0 Å². The van der Waals surface area contributed by atoms with Crippen molar-refractivity contribution in [3.63, 3.8) is 0 Å². The average molecular weight is 223 g/mol. The van der Waals surface area contributed by atoms with E-state index in [1.165, 1.54) is 21.9 Å². The maximum Gasteiger partial charge on any atom is 0.0448 e. The van der Waals surface area contributed by atoms with E-state index in [1.54, 1.807) is 0 Å². The van der Waals surface area contributed by atoms with Crippen molar-refractivity contribution >= 4 is 16.8 Å². The summed E-state index contributed by atoms with van der Waals surface area (Å²) in [4.78, 5) is 0. The first-order chi connectivity index (χ1) is 8.10. The molecule has 0 saturated heterocycles. The fourth-order valence-electron chi connectivity index (χ4n) is 2.63. The first-order valence-electron chi connectivity index (χ1n) is 6.10. The second kappa shape index (κ2) is 3.44. The molecule has 2 aromatic rings. The Kier molecular flexibility index (Phi) is 2.14. The number of hydrogen-bond donors (Lipinski definition) is 1. The Balaban J connectivity index is 2.38. The summed E-state index contributed by atoms with van der Waals surface area (Å²) in [6.45, 7) is 4.30. The van der Waals surface area contributed by atoms with Crippen molar-refractivity contribution in [2.75, 3.05) is 0 Å². The summed E-state index contributed by atoms with van der Waals surface area (Å²) in [5, 5.41) is 2.58. The summed E-state index contributed by atoms with van der Waals surface area (Å²) in [5.41, 5.74) is 8.74. The van der Waals surface area contributed by atoms with Gasteiger partial charge in [-0.15, -0.1) is 0 Å². The van der Waals surface area contributed by atoms with Crippen LogP contribution < -0.4 is 5.73 Å². The highest BCUT2D eigenvalue weighted by atomic mass is 14.7. The summed E-state index contributed by atoms with van der Waals surface area (Å²) >= 11 is 0. The van der Waals surface area contributed by atoms with E-state index in [2.05, 4.69) is 62.4 Å². The van der Waals surface area contributed by atoms with Crippen LogP contribution in [0.4, 0.5) is 0 Å². The Morgan fingerprint density at radius 2 is 1.88 bits per heavy atom. The molecule has 3 rings (SSSR count). The summed E-state index contributed by atoms with van der Waals surface area (Å²) < 4.78 is 0. The second-order valence-corrected chi connectivity index (χ2v) is 5.18. The zero-order chi connectivity index (χ0) is 12.0. The van der Waals surface area contributed by atoms with Gasteiger partial charge in [0.2, 0.25) is 0 Å². The van der Waals surface area contributed by atoms with Crippen molar-refractivity contribution in [3.8, 4) is 0 Å². The first kappa shape index (κ1) is 10.5. The third kappa shape index (κ3) is 1.43. The van der Waals surface area contributed by atoms with Crippen LogP contribution in [0.25, 0.3) is 16.8 Å². The SMILES string of the molecule is CC1C=Cc2c(ccc3ccccc23)C1(C)N. The van der Waals surface area contributed by atoms with E-state index in [1.807, 2.05) is 0 Å². The Bertz CT molecular complexity index is 608. The maximum absolute atomic E-state index is 6.47. The third-order valence-corrected chi connectivity index (χ3v) is 4.05. The molecule has 1 heteroatoms. The van der Waals surface area contributed by atoms with E-state index in [4.69, 9.17) is 5.73 Å². The molecule has 0 radical (unpaired) electrons. The van der Waals surface area contributed by atoms with E-state index in [0.717, 1.165) is 0 Å². The van der Waals surface area contributed by atoms with Gasteiger partial charge in [-0.05, 0) is 34.7 Å². The molecule has 0 bridgehead atoms. The van der Waals surface area contributed by atoms with Crippen molar-refractivity contribution in [2.45, 2.75) is 19.4 Å². The van der Waals surface area contributed by atoms with Gasteiger partial charge in [-0.3, -0.25) is 0 Å². The van der Waals surface area contributed by atoms with Crippen molar-refractivity contribution in [1.29, 1.82) is 0 Å². The fourth-order valence-corrected chi connectivity index (χ4v) is 2.63. The Morgan fingerprint density at radius 1 is 1.12 bits per heavy atom. The molecule has 0 fully saturated rings. The van der Waals surface area contributed by atoms with Crippen molar-refractivity contribution in [1.82, 2.24) is 0 Å². The first-order valence-corrected chi connectivity index (χ1v) is 6.10. The van der Waals surface area contributed by atoms with Crippen molar-refractivity contribution in [2.24, 2.45) is 11.7 Å².